The minimum atomic E-state index is -0.807. The van der Waals surface area contributed by atoms with E-state index in [2.05, 4.69) is 18.7 Å². The van der Waals surface area contributed by atoms with Gasteiger partial charge in [0, 0.05) is 18.6 Å². The SMILES string of the molecule is COC(=O)C1(N)CCCC(N2CC(C)OCC2C)C1. The first kappa shape index (κ1) is 14.8. The normalized spacial score (nSPS) is 40.9. The minimum absolute atomic E-state index is 0.253. The molecule has 5 heteroatoms. The summed E-state index contributed by atoms with van der Waals surface area (Å²) in [5.41, 5.74) is 5.45. The molecule has 1 heterocycles. The van der Waals surface area contributed by atoms with Crippen LogP contribution in [0.15, 0.2) is 0 Å². The smallest absolute Gasteiger partial charge is 0.325 e. The van der Waals surface area contributed by atoms with E-state index in [4.69, 9.17) is 15.2 Å². The predicted molar refractivity (Wildman–Crippen MR) is 72.8 cm³/mol. The fourth-order valence-corrected chi connectivity index (χ4v) is 3.39. The largest absolute Gasteiger partial charge is 0.468 e. The van der Waals surface area contributed by atoms with Crippen molar-refractivity contribution < 1.29 is 14.3 Å². The van der Waals surface area contributed by atoms with Gasteiger partial charge >= 0.3 is 5.97 Å². The second-order valence-corrected chi connectivity index (χ2v) is 6.09. The zero-order valence-electron chi connectivity index (χ0n) is 12.2. The van der Waals surface area contributed by atoms with Gasteiger partial charge in [-0.15, -0.1) is 0 Å². The van der Waals surface area contributed by atoms with Crippen LogP contribution < -0.4 is 5.73 Å². The molecule has 4 atom stereocenters. The first-order valence-corrected chi connectivity index (χ1v) is 7.21. The molecule has 0 bridgehead atoms. The maximum Gasteiger partial charge on any atom is 0.325 e. The molecule has 1 saturated carbocycles. The summed E-state index contributed by atoms with van der Waals surface area (Å²) >= 11 is 0. The van der Waals surface area contributed by atoms with Gasteiger partial charge in [0.1, 0.15) is 5.54 Å². The summed E-state index contributed by atoms with van der Waals surface area (Å²) < 4.78 is 10.5. The van der Waals surface area contributed by atoms with E-state index >= 15 is 0 Å². The van der Waals surface area contributed by atoms with E-state index < -0.39 is 5.54 Å². The standard InChI is InChI=1S/C14H26N2O3/c1-10-9-19-11(2)8-16(10)12-5-4-6-14(15,7-12)13(17)18-3/h10-12H,4-9,15H2,1-3H3. The van der Waals surface area contributed by atoms with Crippen LogP contribution in [0, 0.1) is 0 Å². The molecule has 0 radical (unpaired) electrons. The van der Waals surface area contributed by atoms with E-state index in [1.165, 1.54) is 7.11 Å². The van der Waals surface area contributed by atoms with Crippen molar-refractivity contribution in [1.29, 1.82) is 0 Å². The second kappa shape index (κ2) is 5.77. The van der Waals surface area contributed by atoms with E-state index in [1.54, 1.807) is 0 Å². The van der Waals surface area contributed by atoms with Crippen LogP contribution in [-0.2, 0) is 14.3 Å². The summed E-state index contributed by atoms with van der Waals surface area (Å²) in [6.07, 6.45) is 3.76. The Morgan fingerprint density at radius 2 is 2.21 bits per heavy atom. The molecule has 2 fully saturated rings. The Labute approximate surface area is 115 Å². The average Bonchev–Trinajstić information content (AvgIpc) is 2.40. The zero-order valence-corrected chi connectivity index (χ0v) is 12.2. The molecule has 5 nitrogen and oxygen atoms in total. The van der Waals surface area contributed by atoms with Gasteiger partial charge in [-0.25, -0.2) is 0 Å². The lowest BCUT2D eigenvalue weighted by molar-refractivity contribution is -0.150. The highest BCUT2D eigenvalue weighted by Crippen LogP contribution is 2.32. The Morgan fingerprint density at radius 3 is 2.89 bits per heavy atom. The van der Waals surface area contributed by atoms with Crippen molar-refractivity contribution in [3.63, 3.8) is 0 Å². The summed E-state index contributed by atoms with van der Waals surface area (Å²) in [6, 6.07) is 0.750. The van der Waals surface area contributed by atoms with Crippen LogP contribution in [0.3, 0.4) is 0 Å². The van der Waals surface area contributed by atoms with Gasteiger partial charge in [-0.3, -0.25) is 9.69 Å². The van der Waals surface area contributed by atoms with Crippen molar-refractivity contribution in [3.8, 4) is 0 Å². The van der Waals surface area contributed by atoms with Gasteiger partial charge < -0.3 is 15.2 Å². The van der Waals surface area contributed by atoms with Gasteiger partial charge in [0.25, 0.3) is 0 Å². The molecular weight excluding hydrogens is 244 g/mol. The number of methoxy groups -OCH3 is 1. The number of carbonyl (C=O) groups excluding carboxylic acids is 1. The molecule has 2 aliphatic rings. The fourth-order valence-electron chi connectivity index (χ4n) is 3.39. The number of nitrogens with two attached hydrogens (primary N) is 1. The number of carbonyl (C=O) groups is 1. The Hall–Kier alpha value is -0.650. The second-order valence-electron chi connectivity index (χ2n) is 6.09. The first-order chi connectivity index (χ1) is 8.96. The molecule has 0 aromatic carbocycles. The molecule has 2 rings (SSSR count). The minimum Gasteiger partial charge on any atom is -0.468 e. The van der Waals surface area contributed by atoms with Crippen molar-refractivity contribution in [2.75, 3.05) is 20.3 Å². The van der Waals surface area contributed by atoms with Crippen molar-refractivity contribution >= 4 is 5.97 Å². The van der Waals surface area contributed by atoms with Crippen LogP contribution in [0.2, 0.25) is 0 Å². The summed E-state index contributed by atoms with van der Waals surface area (Å²) in [6.45, 7) is 5.95. The number of morpholine rings is 1. The average molecular weight is 270 g/mol. The van der Waals surface area contributed by atoms with Crippen LogP contribution >= 0.6 is 0 Å². The summed E-state index contributed by atoms with van der Waals surface area (Å²) in [5.74, 6) is -0.272. The highest BCUT2D eigenvalue weighted by atomic mass is 16.5. The van der Waals surface area contributed by atoms with Gasteiger partial charge in [0.15, 0.2) is 0 Å². The van der Waals surface area contributed by atoms with E-state index in [9.17, 15) is 4.79 Å². The summed E-state index contributed by atoms with van der Waals surface area (Å²) in [4.78, 5) is 14.3. The molecular formula is C14H26N2O3. The lowest BCUT2D eigenvalue weighted by Crippen LogP contribution is -2.60. The van der Waals surface area contributed by atoms with Gasteiger partial charge in [-0.1, -0.05) is 0 Å². The molecule has 1 aliphatic carbocycles. The highest BCUT2D eigenvalue weighted by molar-refractivity contribution is 5.80. The zero-order chi connectivity index (χ0) is 14.0. The van der Waals surface area contributed by atoms with Crippen molar-refractivity contribution in [1.82, 2.24) is 4.90 Å². The monoisotopic (exact) mass is 270 g/mol. The lowest BCUT2D eigenvalue weighted by Gasteiger charge is -2.46. The van der Waals surface area contributed by atoms with Crippen LogP contribution in [0.1, 0.15) is 39.5 Å². The lowest BCUT2D eigenvalue weighted by atomic mass is 9.78. The van der Waals surface area contributed by atoms with Crippen molar-refractivity contribution in [2.24, 2.45) is 5.73 Å². The van der Waals surface area contributed by atoms with Gasteiger partial charge in [0.05, 0.1) is 19.8 Å². The molecule has 1 saturated heterocycles. The van der Waals surface area contributed by atoms with Crippen LogP contribution in [0.5, 0.6) is 0 Å². The van der Waals surface area contributed by atoms with Crippen molar-refractivity contribution in [3.05, 3.63) is 0 Å². The number of esters is 1. The van der Waals surface area contributed by atoms with E-state index in [1.807, 2.05) is 0 Å². The number of nitrogens with zero attached hydrogens (tertiary/aromatic N) is 1. The molecule has 0 spiro atoms. The molecule has 4 unspecified atom stereocenters. The molecule has 1 aliphatic heterocycles. The number of ether oxygens (including phenoxy) is 2. The molecule has 0 aromatic rings. The Morgan fingerprint density at radius 1 is 1.47 bits per heavy atom. The predicted octanol–water partition coefficient (Wildman–Crippen LogP) is 0.909. The maximum absolute atomic E-state index is 11.9. The molecule has 19 heavy (non-hydrogen) atoms. The van der Waals surface area contributed by atoms with Gasteiger partial charge in [-0.2, -0.15) is 0 Å². The van der Waals surface area contributed by atoms with Gasteiger partial charge in [-0.05, 0) is 39.5 Å². The fraction of sp³-hybridized carbons (Fsp3) is 0.929. The molecule has 2 N–H and O–H groups in total. The van der Waals surface area contributed by atoms with E-state index in [-0.39, 0.29) is 12.1 Å². The van der Waals surface area contributed by atoms with E-state index in [0.717, 1.165) is 32.4 Å². The third-order valence-corrected chi connectivity index (χ3v) is 4.48. The van der Waals surface area contributed by atoms with Crippen LogP contribution in [0.4, 0.5) is 0 Å². The number of hydrogen-bond donors (Lipinski definition) is 1. The summed E-state index contributed by atoms with van der Waals surface area (Å²) in [5, 5.41) is 0. The maximum atomic E-state index is 11.9. The number of hydrogen-bond acceptors (Lipinski definition) is 5. The van der Waals surface area contributed by atoms with Crippen LogP contribution in [-0.4, -0.2) is 54.9 Å². The van der Waals surface area contributed by atoms with E-state index in [0.29, 0.717) is 18.5 Å². The molecule has 110 valence electrons. The Balaban J connectivity index is 2.06. The topological polar surface area (TPSA) is 64.8 Å². The Kier molecular flexibility index (Phi) is 4.48. The first-order valence-electron chi connectivity index (χ1n) is 7.21. The van der Waals surface area contributed by atoms with Crippen molar-refractivity contribution in [2.45, 2.75) is 63.3 Å². The van der Waals surface area contributed by atoms with Crippen LogP contribution in [0.25, 0.3) is 0 Å². The Bertz CT molecular complexity index is 337. The highest BCUT2D eigenvalue weighted by Gasteiger charge is 2.43. The third-order valence-electron chi connectivity index (χ3n) is 4.48. The molecule has 0 amide bonds. The number of rotatable bonds is 2. The quantitative estimate of drug-likeness (QED) is 0.756. The van der Waals surface area contributed by atoms with Gasteiger partial charge in [0.2, 0.25) is 0 Å². The third kappa shape index (κ3) is 3.09. The summed E-state index contributed by atoms with van der Waals surface area (Å²) in [7, 11) is 1.42. The molecule has 0 aromatic heterocycles.